The third-order valence-corrected chi connectivity index (χ3v) is 1.61. The molecule has 0 atom stereocenters. The van der Waals surface area contributed by atoms with Crippen LogP contribution in [0.5, 0.6) is 0 Å². The van der Waals surface area contributed by atoms with Gasteiger partial charge in [0.15, 0.2) is 5.17 Å². The van der Waals surface area contributed by atoms with E-state index < -0.39 is 0 Å². The summed E-state index contributed by atoms with van der Waals surface area (Å²) in [7, 11) is 0. The molecule has 0 aromatic carbocycles. The highest BCUT2D eigenvalue weighted by molar-refractivity contribution is 8.26. The first-order valence-corrected chi connectivity index (χ1v) is 5.05. The minimum atomic E-state index is -0.156. The first-order chi connectivity index (χ1) is 5.91. The summed E-state index contributed by atoms with van der Waals surface area (Å²) in [5, 5.41) is 2.87. The van der Waals surface area contributed by atoms with Crippen LogP contribution in [0.25, 0.3) is 0 Å². The Kier molecular flexibility index (Phi) is 5.53. The number of nitrogens with two attached hydrogens (primary N) is 1. The quantitative estimate of drug-likeness (QED) is 0.528. The van der Waals surface area contributed by atoms with Gasteiger partial charge in [0.2, 0.25) is 0 Å². The molecule has 0 saturated heterocycles. The molecule has 5 heteroatoms. The molecule has 13 heavy (non-hydrogen) atoms. The highest BCUT2D eigenvalue weighted by Crippen LogP contribution is 2.03. The molecule has 0 rings (SSSR count). The standard InChI is InChI=1S/C8H17N3OS/c1-5(2)10-7(9)13-8(12)11-6(3)4/h5-6H,1-4H3,(H2,9,10)(H,11,12). The van der Waals surface area contributed by atoms with Gasteiger partial charge in [-0.05, 0) is 27.7 Å². The van der Waals surface area contributed by atoms with Crippen molar-refractivity contribution < 1.29 is 4.79 Å². The molecular weight excluding hydrogens is 186 g/mol. The molecule has 0 radical (unpaired) electrons. The van der Waals surface area contributed by atoms with Crippen LogP contribution in [0.3, 0.4) is 0 Å². The molecule has 3 N–H and O–H groups in total. The second-order valence-electron chi connectivity index (χ2n) is 3.25. The lowest BCUT2D eigenvalue weighted by Gasteiger charge is -2.07. The maximum absolute atomic E-state index is 11.1. The van der Waals surface area contributed by atoms with Crippen LogP contribution in [0.4, 0.5) is 4.79 Å². The maximum atomic E-state index is 11.1. The Morgan fingerprint density at radius 3 is 2.31 bits per heavy atom. The number of amides is 1. The van der Waals surface area contributed by atoms with Gasteiger partial charge in [-0.2, -0.15) is 0 Å². The fourth-order valence-electron chi connectivity index (χ4n) is 0.641. The highest BCUT2D eigenvalue weighted by Gasteiger charge is 2.06. The molecule has 0 aliphatic rings. The van der Waals surface area contributed by atoms with Gasteiger partial charge < -0.3 is 11.1 Å². The fraction of sp³-hybridized carbons (Fsp3) is 0.750. The third kappa shape index (κ3) is 7.64. The lowest BCUT2D eigenvalue weighted by Crippen LogP contribution is -2.28. The molecule has 0 saturated carbocycles. The number of rotatable bonds is 2. The van der Waals surface area contributed by atoms with E-state index in [0.29, 0.717) is 5.17 Å². The number of thioether (sulfide) groups is 1. The van der Waals surface area contributed by atoms with E-state index in [0.717, 1.165) is 11.8 Å². The van der Waals surface area contributed by atoms with Crippen molar-refractivity contribution in [1.29, 1.82) is 0 Å². The van der Waals surface area contributed by atoms with Gasteiger partial charge in [0.1, 0.15) is 0 Å². The zero-order valence-electron chi connectivity index (χ0n) is 8.50. The smallest absolute Gasteiger partial charge is 0.286 e. The van der Waals surface area contributed by atoms with Gasteiger partial charge in [-0.3, -0.25) is 9.79 Å². The first kappa shape index (κ1) is 12.3. The second-order valence-corrected chi connectivity index (χ2v) is 4.24. The summed E-state index contributed by atoms with van der Waals surface area (Å²) in [5.41, 5.74) is 5.50. The molecule has 0 aliphatic carbocycles. The van der Waals surface area contributed by atoms with E-state index >= 15 is 0 Å². The van der Waals surface area contributed by atoms with Gasteiger partial charge in [0.25, 0.3) is 5.24 Å². The van der Waals surface area contributed by atoms with Crippen molar-refractivity contribution in [2.24, 2.45) is 10.7 Å². The van der Waals surface area contributed by atoms with E-state index in [-0.39, 0.29) is 17.3 Å². The number of nitrogens with one attached hydrogen (secondary N) is 1. The molecule has 76 valence electrons. The number of hydrogen-bond acceptors (Lipinski definition) is 3. The summed E-state index contributed by atoms with van der Waals surface area (Å²) in [4.78, 5) is 15.2. The van der Waals surface area contributed by atoms with Gasteiger partial charge in [0.05, 0.1) is 0 Å². The molecule has 4 nitrogen and oxygen atoms in total. The number of hydrogen-bond donors (Lipinski definition) is 2. The van der Waals surface area contributed by atoms with Crippen LogP contribution >= 0.6 is 11.8 Å². The van der Waals surface area contributed by atoms with Crippen molar-refractivity contribution in [1.82, 2.24) is 5.32 Å². The minimum absolute atomic E-state index is 0.124. The van der Waals surface area contributed by atoms with Crippen LogP contribution in [0, 0.1) is 0 Å². The highest BCUT2D eigenvalue weighted by atomic mass is 32.2. The van der Waals surface area contributed by atoms with Crippen LogP contribution in [0.1, 0.15) is 27.7 Å². The summed E-state index contributed by atoms with van der Waals surface area (Å²) in [6, 6.07) is 0.256. The number of aliphatic imine (C=N–C) groups is 1. The van der Waals surface area contributed by atoms with Crippen LogP contribution < -0.4 is 11.1 Å². The lowest BCUT2D eigenvalue weighted by molar-refractivity contribution is 0.259. The Labute approximate surface area is 83.4 Å². The zero-order valence-corrected chi connectivity index (χ0v) is 9.31. The average Bonchev–Trinajstić information content (AvgIpc) is 1.80. The van der Waals surface area contributed by atoms with E-state index in [2.05, 4.69) is 10.3 Å². The van der Waals surface area contributed by atoms with Crippen LogP contribution in [0.15, 0.2) is 4.99 Å². The molecular formula is C8H17N3OS. The van der Waals surface area contributed by atoms with Crippen molar-refractivity contribution in [2.75, 3.05) is 0 Å². The normalized spacial score (nSPS) is 12.3. The number of amidine groups is 1. The average molecular weight is 203 g/mol. The van der Waals surface area contributed by atoms with Crippen LogP contribution in [-0.4, -0.2) is 22.5 Å². The zero-order chi connectivity index (χ0) is 10.4. The number of carbonyl (C=O) groups is 1. The molecule has 0 unspecified atom stereocenters. The molecule has 0 heterocycles. The summed E-state index contributed by atoms with van der Waals surface area (Å²) in [6.45, 7) is 7.62. The molecule has 0 bridgehead atoms. The van der Waals surface area contributed by atoms with Crippen molar-refractivity contribution in [3.63, 3.8) is 0 Å². The SMILES string of the molecule is CC(C)N=C(N)SC(=O)NC(C)C. The summed E-state index contributed by atoms with van der Waals surface area (Å²) >= 11 is 0.934. The van der Waals surface area contributed by atoms with E-state index in [1.54, 1.807) is 0 Å². The fourth-order valence-corrected chi connectivity index (χ4v) is 1.39. The van der Waals surface area contributed by atoms with Crippen molar-refractivity contribution in [3.05, 3.63) is 0 Å². The van der Waals surface area contributed by atoms with Crippen LogP contribution in [0.2, 0.25) is 0 Å². The Morgan fingerprint density at radius 1 is 1.38 bits per heavy atom. The summed E-state index contributed by atoms with van der Waals surface area (Å²) in [6.07, 6.45) is 0. The topological polar surface area (TPSA) is 67.5 Å². The predicted octanol–water partition coefficient (Wildman–Crippen LogP) is 1.56. The van der Waals surface area contributed by atoms with Gasteiger partial charge in [-0.1, -0.05) is 0 Å². The second kappa shape index (κ2) is 5.85. The largest absolute Gasteiger partial charge is 0.378 e. The predicted molar refractivity (Wildman–Crippen MR) is 58.0 cm³/mol. The van der Waals surface area contributed by atoms with Crippen molar-refractivity contribution in [3.8, 4) is 0 Å². The molecule has 0 aromatic rings. The van der Waals surface area contributed by atoms with E-state index in [4.69, 9.17) is 5.73 Å². The lowest BCUT2D eigenvalue weighted by atomic mass is 10.4. The number of nitrogens with zero attached hydrogens (tertiary/aromatic N) is 1. The third-order valence-electron chi connectivity index (χ3n) is 0.989. The van der Waals surface area contributed by atoms with E-state index in [1.165, 1.54) is 0 Å². The first-order valence-electron chi connectivity index (χ1n) is 4.23. The minimum Gasteiger partial charge on any atom is -0.378 e. The monoisotopic (exact) mass is 203 g/mol. The Hall–Kier alpha value is -0.710. The van der Waals surface area contributed by atoms with Crippen LogP contribution in [-0.2, 0) is 0 Å². The van der Waals surface area contributed by atoms with E-state index in [1.807, 2.05) is 27.7 Å². The van der Waals surface area contributed by atoms with Crippen molar-refractivity contribution in [2.45, 2.75) is 39.8 Å². The van der Waals surface area contributed by atoms with Crippen molar-refractivity contribution >= 4 is 22.2 Å². The van der Waals surface area contributed by atoms with Gasteiger partial charge in [-0.25, -0.2) is 0 Å². The summed E-state index contributed by atoms with van der Waals surface area (Å²) in [5.74, 6) is 0. The Bertz CT molecular complexity index is 202. The molecule has 0 spiro atoms. The van der Waals surface area contributed by atoms with Gasteiger partial charge >= 0.3 is 0 Å². The van der Waals surface area contributed by atoms with E-state index in [9.17, 15) is 4.79 Å². The van der Waals surface area contributed by atoms with Gasteiger partial charge in [-0.15, -0.1) is 0 Å². The summed E-state index contributed by atoms with van der Waals surface area (Å²) < 4.78 is 0. The molecule has 0 fully saturated rings. The van der Waals surface area contributed by atoms with Gasteiger partial charge in [0, 0.05) is 23.8 Å². The maximum Gasteiger partial charge on any atom is 0.286 e. The Morgan fingerprint density at radius 2 is 1.92 bits per heavy atom. The molecule has 0 aliphatic heterocycles. The molecule has 0 aromatic heterocycles. The molecule has 1 amide bonds. The Balaban J connectivity index is 3.92. The number of carbonyl (C=O) groups excluding carboxylic acids is 1.